The first-order chi connectivity index (χ1) is 9.56. The Hall–Kier alpha value is -1.34. The van der Waals surface area contributed by atoms with Gasteiger partial charge in [0.25, 0.3) is 0 Å². The largest absolute Gasteiger partial charge is 0.383 e. The predicted molar refractivity (Wildman–Crippen MR) is 84.6 cm³/mol. The van der Waals surface area contributed by atoms with E-state index in [0.29, 0.717) is 18.4 Å². The number of anilines is 1. The van der Waals surface area contributed by atoms with Gasteiger partial charge in [-0.15, -0.1) is 0 Å². The van der Waals surface area contributed by atoms with Crippen molar-refractivity contribution in [3.8, 4) is 0 Å². The van der Waals surface area contributed by atoms with Crippen LogP contribution in [0.1, 0.15) is 19.2 Å². The van der Waals surface area contributed by atoms with Gasteiger partial charge in [0.15, 0.2) is 5.65 Å². The monoisotopic (exact) mass is 294 g/mol. The molecule has 1 atom stereocenters. The van der Waals surface area contributed by atoms with Gasteiger partial charge in [-0.1, -0.05) is 6.92 Å². The van der Waals surface area contributed by atoms with Crippen LogP contribution < -0.4 is 5.73 Å². The fourth-order valence-electron chi connectivity index (χ4n) is 2.26. The maximum atomic E-state index is 5.99. The third kappa shape index (κ3) is 3.04. The summed E-state index contributed by atoms with van der Waals surface area (Å²) in [7, 11) is 3.97. The first-order valence-electron chi connectivity index (χ1n) is 6.70. The molecule has 0 amide bonds. The summed E-state index contributed by atoms with van der Waals surface area (Å²) in [6.07, 6.45) is 4.95. The fraction of sp³-hybridized carbons (Fsp3) is 0.615. The SMILES string of the molecule is CCC(CSC)N(C)Cc1nc(N)c2cnn(C)c2n1. The maximum Gasteiger partial charge on any atom is 0.163 e. The molecule has 1 unspecified atom stereocenters. The molecule has 0 bridgehead atoms. The molecular weight excluding hydrogens is 272 g/mol. The second-order valence-electron chi connectivity index (χ2n) is 4.96. The first-order valence-corrected chi connectivity index (χ1v) is 8.09. The summed E-state index contributed by atoms with van der Waals surface area (Å²) < 4.78 is 1.73. The van der Waals surface area contributed by atoms with Crippen molar-refractivity contribution in [2.45, 2.75) is 25.9 Å². The number of aromatic nitrogens is 4. The second kappa shape index (κ2) is 6.41. The molecule has 20 heavy (non-hydrogen) atoms. The van der Waals surface area contributed by atoms with Crippen molar-refractivity contribution in [2.24, 2.45) is 7.05 Å². The highest BCUT2D eigenvalue weighted by Gasteiger charge is 2.15. The fourth-order valence-corrected chi connectivity index (χ4v) is 3.14. The van der Waals surface area contributed by atoms with Crippen molar-refractivity contribution in [1.29, 1.82) is 0 Å². The normalized spacial score (nSPS) is 13.2. The first kappa shape index (κ1) is 15.1. The molecule has 0 aliphatic carbocycles. The maximum absolute atomic E-state index is 5.99. The average molecular weight is 294 g/mol. The van der Waals surface area contributed by atoms with E-state index in [-0.39, 0.29) is 0 Å². The molecule has 110 valence electrons. The van der Waals surface area contributed by atoms with Crippen LogP contribution in [0.25, 0.3) is 11.0 Å². The van der Waals surface area contributed by atoms with Crippen LogP contribution in [0.5, 0.6) is 0 Å². The van der Waals surface area contributed by atoms with Crippen molar-refractivity contribution < 1.29 is 0 Å². The van der Waals surface area contributed by atoms with E-state index >= 15 is 0 Å². The Morgan fingerprint density at radius 3 is 2.85 bits per heavy atom. The highest BCUT2D eigenvalue weighted by Crippen LogP contribution is 2.18. The van der Waals surface area contributed by atoms with E-state index in [1.165, 1.54) is 0 Å². The van der Waals surface area contributed by atoms with E-state index in [4.69, 9.17) is 5.73 Å². The lowest BCUT2D eigenvalue weighted by Crippen LogP contribution is -2.33. The molecular formula is C13H22N6S. The van der Waals surface area contributed by atoms with Crippen LogP contribution in [0.2, 0.25) is 0 Å². The van der Waals surface area contributed by atoms with Crippen molar-refractivity contribution >= 4 is 28.6 Å². The molecule has 2 rings (SSSR count). The molecule has 2 heterocycles. The van der Waals surface area contributed by atoms with Crippen LogP contribution in [0.3, 0.4) is 0 Å². The summed E-state index contributed by atoms with van der Waals surface area (Å²) in [5.74, 6) is 2.36. The molecule has 2 aromatic rings. The van der Waals surface area contributed by atoms with E-state index in [0.717, 1.165) is 29.0 Å². The molecule has 2 aromatic heterocycles. The average Bonchev–Trinajstić information content (AvgIpc) is 2.78. The molecule has 0 fully saturated rings. The van der Waals surface area contributed by atoms with Gasteiger partial charge in [-0.05, 0) is 19.7 Å². The Balaban J connectivity index is 2.22. The lowest BCUT2D eigenvalue weighted by atomic mass is 10.2. The molecule has 0 saturated heterocycles. The van der Waals surface area contributed by atoms with Gasteiger partial charge in [-0.2, -0.15) is 16.9 Å². The predicted octanol–water partition coefficient (Wildman–Crippen LogP) is 1.52. The molecule has 0 radical (unpaired) electrons. The molecule has 0 saturated carbocycles. The summed E-state index contributed by atoms with van der Waals surface area (Å²) in [6.45, 7) is 2.90. The highest BCUT2D eigenvalue weighted by atomic mass is 32.2. The highest BCUT2D eigenvalue weighted by molar-refractivity contribution is 7.98. The van der Waals surface area contributed by atoms with Crippen molar-refractivity contribution in [3.63, 3.8) is 0 Å². The van der Waals surface area contributed by atoms with E-state index in [1.807, 2.05) is 18.8 Å². The molecule has 0 aromatic carbocycles. The lowest BCUT2D eigenvalue weighted by molar-refractivity contribution is 0.242. The number of hydrogen-bond acceptors (Lipinski definition) is 6. The molecule has 7 heteroatoms. The number of nitrogens with two attached hydrogens (primary N) is 1. The van der Waals surface area contributed by atoms with Gasteiger partial charge in [-0.3, -0.25) is 9.58 Å². The molecule has 0 aliphatic rings. The summed E-state index contributed by atoms with van der Waals surface area (Å²) in [4.78, 5) is 11.3. The Bertz CT molecular complexity index is 581. The van der Waals surface area contributed by atoms with E-state index in [9.17, 15) is 0 Å². The molecule has 6 nitrogen and oxygen atoms in total. The number of thioether (sulfide) groups is 1. The van der Waals surface area contributed by atoms with Crippen LogP contribution in [0.4, 0.5) is 5.82 Å². The number of nitrogen functional groups attached to an aromatic ring is 1. The number of hydrogen-bond donors (Lipinski definition) is 1. The van der Waals surface area contributed by atoms with Crippen LogP contribution in [-0.2, 0) is 13.6 Å². The smallest absolute Gasteiger partial charge is 0.163 e. The van der Waals surface area contributed by atoms with Crippen LogP contribution >= 0.6 is 11.8 Å². The van der Waals surface area contributed by atoms with Gasteiger partial charge in [-0.25, -0.2) is 9.97 Å². The Kier molecular flexibility index (Phi) is 4.82. The van der Waals surface area contributed by atoms with E-state index in [1.54, 1.807) is 10.9 Å². The number of aryl methyl sites for hydroxylation is 1. The summed E-state index contributed by atoms with van der Waals surface area (Å²) in [6, 6.07) is 0.525. The van der Waals surface area contributed by atoms with E-state index < -0.39 is 0 Å². The van der Waals surface area contributed by atoms with Gasteiger partial charge >= 0.3 is 0 Å². The Morgan fingerprint density at radius 2 is 2.20 bits per heavy atom. The van der Waals surface area contributed by atoms with Gasteiger partial charge in [0.2, 0.25) is 0 Å². The standard InChI is InChI=1S/C13H22N6S/c1-5-9(8-20-4)18(2)7-11-16-12(14)10-6-15-19(3)13(10)17-11/h6,9H,5,7-8H2,1-4H3,(H2,14,16,17). The zero-order chi connectivity index (χ0) is 14.7. The van der Waals surface area contributed by atoms with Gasteiger partial charge in [0.05, 0.1) is 18.1 Å². The quantitative estimate of drug-likeness (QED) is 0.871. The number of nitrogens with zero attached hydrogens (tertiary/aromatic N) is 5. The molecule has 0 spiro atoms. The lowest BCUT2D eigenvalue weighted by Gasteiger charge is -2.25. The number of rotatable bonds is 6. The topological polar surface area (TPSA) is 72.9 Å². The summed E-state index contributed by atoms with van der Waals surface area (Å²) in [5, 5.41) is 4.99. The minimum absolute atomic E-state index is 0.504. The van der Waals surface area contributed by atoms with Crippen molar-refractivity contribution in [2.75, 3.05) is 24.8 Å². The zero-order valence-electron chi connectivity index (χ0n) is 12.5. The zero-order valence-corrected chi connectivity index (χ0v) is 13.3. The summed E-state index contributed by atoms with van der Waals surface area (Å²) >= 11 is 1.86. The van der Waals surface area contributed by atoms with Crippen LogP contribution in [0.15, 0.2) is 6.20 Å². The van der Waals surface area contributed by atoms with Crippen LogP contribution in [0, 0.1) is 0 Å². The van der Waals surface area contributed by atoms with Gasteiger partial charge in [0, 0.05) is 18.8 Å². The van der Waals surface area contributed by atoms with Crippen molar-refractivity contribution in [1.82, 2.24) is 24.6 Å². The second-order valence-corrected chi connectivity index (χ2v) is 5.87. The Morgan fingerprint density at radius 1 is 1.45 bits per heavy atom. The Labute approximate surface area is 123 Å². The molecule has 2 N–H and O–H groups in total. The third-order valence-electron chi connectivity index (χ3n) is 3.51. The minimum atomic E-state index is 0.504. The minimum Gasteiger partial charge on any atom is -0.383 e. The summed E-state index contributed by atoms with van der Waals surface area (Å²) in [5.41, 5.74) is 6.78. The van der Waals surface area contributed by atoms with Crippen molar-refractivity contribution in [3.05, 3.63) is 12.0 Å². The van der Waals surface area contributed by atoms with Gasteiger partial charge in [0.1, 0.15) is 11.6 Å². The number of fused-ring (bicyclic) bond motifs is 1. The third-order valence-corrected chi connectivity index (χ3v) is 4.23. The van der Waals surface area contributed by atoms with E-state index in [2.05, 4.69) is 40.2 Å². The molecule has 0 aliphatic heterocycles. The van der Waals surface area contributed by atoms with Gasteiger partial charge < -0.3 is 5.73 Å². The van der Waals surface area contributed by atoms with Crippen LogP contribution in [-0.4, -0.2) is 49.7 Å².